The van der Waals surface area contributed by atoms with E-state index in [-0.39, 0.29) is 6.04 Å². The van der Waals surface area contributed by atoms with Crippen molar-refractivity contribution < 1.29 is 0 Å². The summed E-state index contributed by atoms with van der Waals surface area (Å²) < 4.78 is 2.82. The van der Waals surface area contributed by atoms with E-state index in [0.29, 0.717) is 0 Å². The Labute approximate surface area is 122 Å². The van der Waals surface area contributed by atoms with E-state index in [1.54, 1.807) is 17.5 Å². The zero-order valence-corrected chi connectivity index (χ0v) is 12.6. The molecule has 0 aliphatic rings. The Kier molecular flexibility index (Phi) is 3.58. The summed E-state index contributed by atoms with van der Waals surface area (Å²) in [6, 6.07) is 0.232. The van der Waals surface area contributed by atoms with Gasteiger partial charge in [0.15, 0.2) is 5.65 Å². The highest BCUT2D eigenvalue weighted by Crippen LogP contribution is 2.16. The molecule has 1 unspecified atom stereocenters. The number of thiazole rings is 1. The van der Waals surface area contributed by atoms with Crippen molar-refractivity contribution in [2.45, 2.75) is 19.5 Å². The van der Waals surface area contributed by atoms with E-state index in [0.717, 1.165) is 27.5 Å². The third kappa shape index (κ3) is 2.68. The van der Waals surface area contributed by atoms with Crippen molar-refractivity contribution in [3.63, 3.8) is 0 Å². The number of halogens is 1. The molecule has 0 fully saturated rings. The first kappa shape index (κ1) is 12.7. The summed E-state index contributed by atoms with van der Waals surface area (Å²) in [5.41, 5.74) is 1.95. The molecular weight excluding hydrogens is 326 g/mol. The largest absolute Gasteiger partial charge is 0.302 e. The molecule has 0 spiro atoms. The molecule has 5 nitrogen and oxygen atoms in total. The zero-order valence-electron chi connectivity index (χ0n) is 10.2. The maximum Gasteiger partial charge on any atom is 0.155 e. The van der Waals surface area contributed by atoms with E-state index in [2.05, 4.69) is 43.1 Å². The van der Waals surface area contributed by atoms with Gasteiger partial charge in [-0.1, -0.05) is 0 Å². The van der Waals surface area contributed by atoms with E-state index >= 15 is 0 Å². The molecule has 0 saturated carbocycles. The SMILES string of the molecule is CC(NCc1cnc2cnc(Br)cn12)c1nccs1. The van der Waals surface area contributed by atoms with E-state index in [1.807, 2.05) is 28.4 Å². The van der Waals surface area contributed by atoms with Gasteiger partial charge in [-0.3, -0.25) is 4.40 Å². The van der Waals surface area contributed by atoms with Gasteiger partial charge in [-0.15, -0.1) is 11.3 Å². The first-order valence-electron chi connectivity index (χ1n) is 5.84. The molecule has 0 radical (unpaired) electrons. The molecule has 0 saturated heterocycles. The lowest BCUT2D eigenvalue weighted by Gasteiger charge is -2.10. The first-order chi connectivity index (χ1) is 9.24. The van der Waals surface area contributed by atoms with Crippen molar-refractivity contribution in [3.8, 4) is 0 Å². The fourth-order valence-corrected chi connectivity index (χ4v) is 2.82. The van der Waals surface area contributed by atoms with Gasteiger partial charge in [0.25, 0.3) is 0 Å². The molecule has 0 aliphatic carbocycles. The van der Waals surface area contributed by atoms with Crippen molar-refractivity contribution in [2.75, 3.05) is 0 Å². The summed E-state index contributed by atoms with van der Waals surface area (Å²) >= 11 is 5.04. The molecule has 7 heteroatoms. The monoisotopic (exact) mass is 337 g/mol. The average molecular weight is 338 g/mol. The smallest absolute Gasteiger partial charge is 0.155 e. The van der Waals surface area contributed by atoms with E-state index in [9.17, 15) is 0 Å². The number of fused-ring (bicyclic) bond motifs is 1. The third-order valence-electron chi connectivity index (χ3n) is 2.85. The van der Waals surface area contributed by atoms with Crippen LogP contribution in [0, 0.1) is 0 Å². The Hall–Kier alpha value is -1.31. The second-order valence-corrected chi connectivity index (χ2v) is 5.90. The molecule has 3 aromatic rings. The molecular formula is C12H12BrN5S. The van der Waals surface area contributed by atoms with Crippen molar-refractivity contribution in [3.05, 3.63) is 45.5 Å². The number of hydrogen-bond acceptors (Lipinski definition) is 5. The highest BCUT2D eigenvalue weighted by Gasteiger charge is 2.09. The van der Waals surface area contributed by atoms with Crippen LogP contribution in [0.15, 0.2) is 34.8 Å². The molecule has 3 aromatic heterocycles. The normalized spacial score (nSPS) is 12.9. The molecule has 0 amide bonds. The number of imidazole rings is 1. The summed E-state index contributed by atoms with van der Waals surface area (Å²) in [5.74, 6) is 0. The molecule has 0 aromatic carbocycles. The maximum absolute atomic E-state index is 4.33. The number of nitrogens with zero attached hydrogens (tertiary/aromatic N) is 4. The molecule has 1 N–H and O–H groups in total. The van der Waals surface area contributed by atoms with Crippen LogP contribution in [-0.2, 0) is 6.54 Å². The van der Waals surface area contributed by atoms with Gasteiger partial charge in [0.2, 0.25) is 0 Å². The van der Waals surface area contributed by atoms with E-state index in [4.69, 9.17) is 0 Å². The number of aromatic nitrogens is 4. The first-order valence-corrected chi connectivity index (χ1v) is 7.51. The lowest BCUT2D eigenvalue weighted by molar-refractivity contribution is 0.563. The van der Waals surface area contributed by atoms with Gasteiger partial charge in [-0.05, 0) is 22.9 Å². The maximum atomic E-state index is 4.33. The molecule has 3 heterocycles. The van der Waals surface area contributed by atoms with Crippen molar-refractivity contribution in [2.24, 2.45) is 0 Å². The van der Waals surface area contributed by atoms with Crippen molar-refractivity contribution >= 4 is 32.9 Å². The van der Waals surface area contributed by atoms with Gasteiger partial charge < -0.3 is 5.32 Å². The second kappa shape index (κ2) is 5.36. The fraction of sp³-hybridized carbons (Fsp3) is 0.250. The molecule has 0 bridgehead atoms. The highest BCUT2D eigenvalue weighted by atomic mass is 79.9. The van der Waals surface area contributed by atoms with Crippen molar-refractivity contribution in [1.82, 2.24) is 24.7 Å². The third-order valence-corrected chi connectivity index (χ3v) is 4.22. The quantitative estimate of drug-likeness (QED) is 0.795. The second-order valence-electron chi connectivity index (χ2n) is 4.16. The Balaban J connectivity index is 1.77. The van der Waals surface area contributed by atoms with Crippen LogP contribution >= 0.6 is 27.3 Å². The summed E-state index contributed by atoms with van der Waals surface area (Å²) in [7, 11) is 0. The molecule has 0 aliphatic heterocycles. The van der Waals surface area contributed by atoms with Gasteiger partial charge in [0.05, 0.1) is 24.1 Å². The van der Waals surface area contributed by atoms with Crippen LogP contribution in [0.3, 0.4) is 0 Å². The molecule has 19 heavy (non-hydrogen) atoms. The molecule has 1 atom stereocenters. The average Bonchev–Trinajstić information content (AvgIpc) is 3.05. The van der Waals surface area contributed by atoms with Gasteiger partial charge in [-0.25, -0.2) is 15.0 Å². The fourth-order valence-electron chi connectivity index (χ4n) is 1.84. The Bertz CT molecular complexity index is 679. The summed E-state index contributed by atoms with van der Waals surface area (Å²) in [4.78, 5) is 12.8. The topological polar surface area (TPSA) is 55.1 Å². The zero-order chi connectivity index (χ0) is 13.2. The minimum Gasteiger partial charge on any atom is -0.302 e. The Morgan fingerprint density at radius 1 is 1.37 bits per heavy atom. The Morgan fingerprint density at radius 3 is 3.05 bits per heavy atom. The summed E-state index contributed by atoms with van der Waals surface area (Å²) in [6.07, 6.45) is 7.37. The van der Waals surface area contributed by atoms with Crippen LogP contribution in [0.5, 0.6) is 0 Å². The van der Waals surface area contributed by atoms with Crippen LogP contribution in [0.2, 0.25) is 0 Å². The lowest BCUT2D eigenvalue weighted by atomic mass is 10.3. The van der Waals surface area contributed by atoms with Gasteiger partial charge in [0.1, 0.15) is 9.61 Å². The van der Waals surface area contributed by atoms with Crippen LogP contribution in [0.4, 0.5) is 0 Å². The van der Waals surface area contributed by atoms with E-state index in [1.165, 1.54) is 0 Å². The van der Waals surface area contributed by atoms with Gasteiger partial charge >= 0.3 is 0 Å². The van der Waals surface area contributed by atoms with Crippen LogP contribution in [0.25, 0.3) is 5.65 Å². The number of rotatable bonds is 4. The number of nitrogens with one attached hydrogen (secondary N) is 1. The Morgan fingerprint density at radius 2 is 2.26 bits per heavy atom. The van der Waals surface area contributed by atoms with Gasteiger partial charge in [0, 0.05) is 24.3 Å². The predicted octanol–water partition coefficient (Wildman–Crippen LogP) is 2.80. The molecule has 3 rings (SSSR count). The van der Waals surface area contributed by atoms with Gasteiger partial charge in [-0.2, -0.15) is 0 Å². The highest BCUT2D eigenvalue weighted by molar-refractivity contribution is 9.10. The van der Waals surface area contributed by atoms with E-state index < -0.39 is 0 Å². The van der Waals surface area contributed by atoms with Crippen LogP contribution in [0.1, 0.15) is 23.7 Å². The molecule has 98 valence electrons. The minimum atomic E-state index is 0.232. The lowest BCUT2D eigenvalue weighted by Crippen LogP contribution is -2.18. The van der Waals surface area contributed by atoms with Crippen LogP contribution < -0.4 is 5.32 Å². The minimum absolute atomic E-state index is 0.232. The van der Waals surface area contributed by atoms with Crippen LogP contribution in [-0.4, -0.2) is 19.4 Å². The number of hydrogen-bond donors (Lipinski definition) is 1. The van der Waals surface area contributed by atoms with Crippen molar-refractivity contribution in [1.29, 1.82) is 0 Å². The summed E-state index contributed by atoms with van der Waals surface area (Å²) in [5, 5.41) is 6.54. The predicted molar refractivity (Wildman–Crippen MR) is 78.1 cm³/mol. The summed E-state index contributed by atoms with van der Waals surface area (Å²) in [6.45, 7) is 2.85. The standard InChI is InChI=1S/C12H12BrN5S/c1-8(12-14-2-3-19-12)15-4-9-5-17-11-6-16-10(13)7-18(9)11/h2-3,5-8,15H,4H2,1H3.